The number of rotatable bonds is 4. The molecule has 3 atom stereocenters. The summed E-state index contributed by atoms with van der Waals surface area (Å²) in [6, 6.07) is -0.0517. The van der Waals surface area contributed by atoms with Crippen LogP contribution >= 0.6 is 0 Å². The first kappa shape index (κ1) is 12.5. The number of aliphatic hydroxyl groups excluding tert-OH is 1. The van der Waals surface area contributed by atoms with Gasteiger partial charge in [0.15, 0.2) is 0 Å². The lowest BCUT2D eigenvalue weighted by Crippen LogP contribution is -2.25. The molecule has 96 valence electrons. The summed E-state index contributed by atoms with van der Waals surface area (Å²) >= 11 is 0. The SMILES string of the molecule is CCC(C)(OC)c1noc([C@@H]2C[C@H](O)CN2)n1. The summed E-state index contributed by atoms with van der Waals surface area (Å²) in [4.78, 5) is 4.36. The molecule has 1 aromatic heterocycles. The number of nitrogens with zero attached hydrogens (tertiary/aromatic N) is 2. The summed E-state index contributed by atoms with van der Waals surface area (Å²) in [6.45, 7) is 4.51. The van der Waals surface area contributed by atoms with Crippen LogP contribution in [0.2, 0.25) is 0 Å². The van der Waals surface area contributed by atoms with Crippen LogP contribution in [0.1, 0.15) is 44.4 Å². The number of β-amino-alcohol motifs (C(OH)–C–C–N with tert-alkyl or cyclic N) is 1. The number of hydrogen-bond acceptors (Lipinski definition) is 6. The van der Waals surface area contributed by atoms with Crippen molar-refractivity contribution in [2.24, 2.45) is 0 Å². The lowest BCUT2D eigenvalue weighted by Gasteiger charge is -2.21. The van der Waals surface area contributed by atoms with Crippen molar-refractivity contribution in [2.75, 3.05) is 13.7 Å². The van der Waals surface area contributed by atoms with Crippen molar-refractivity contribution in [1.82, 2.24) is 15.5 Å². The summed E-state index contributed by atoms with van der Waals surface area (Å²) < 4.78 is 10.6. The molecular formula is C11H19N3O3. The average Bonchev–Trinajstić information content (AvgIpc) is 2.96. The first-order valence-corrected chi connectivity index (χ1v) is 5.89. The van der Waals surface area contributed by atoms with E-state index in [4.69, 9.17) is 9.26 Å². The molecule has 1 saturated heterocycles. The van der Waals surface area contributed by atoms with Crippen LogP contribution in [0.4, 0.5) is 0 Å². The van der Waals surface area contributed by atoms with Crippen LogP contribution in [0.3, 0.4) is 0 Å². The van der Waals surface area contributed by atoms with E-state index >= 15 is 0 Å². The maximum absolute atomic E-state index is 9.44. The standard InChI is InChI=1S/C11H19N3O3/c1-4-11(2,16-3)10-13-9(17-14-10)8-5-7(15)6-12-8/h7-8,12,15H,4-6H2,1-3H3/t7-,8-,11?/m0/s1. The van der Waals surface area contributed by atoms with E-state index in [0.29, 0.717) is 24.7 Å². The Bertz CT molecular complexity index is 376. The Morgan fingerprint density at radius 1 is 1.65 bits per heavy atom. The van der Waals surface area contributed by atoms with Gasteiger partial charge in [-0.15, -0.1) is 0 Å². The van der Waals surface area contributed by atoms with Gasteiger partial charge in [0, 0.05) is 13.7 Å². The smallest absolute Gasteiger partial charge is 0.243 e. The quantitative estimate of drug-likeness (QED) is 0.809. The van der Waals surface area contributed by atoms with Crippen molar-refractivity contribution >= 4 is 0 Å². The van der Waals surface area contributed by atoms with E-state index in [2.05, 4.69) is 15.5 Å². The molecule has 0 spiro atoms. The molecule has 6 nitrogen and oxygen atoms in total. The Balaban J connectivity index is 2.15. The molecule has 0 bridgehead atoms. The number of methoxy groups -OCH3 is 1. The first-order chi connectivity index (χ1) is 8.09. The number of ether oxygens (including phenoxy) is 1. The fourth-order valence-electron chi connectivity index (χ4n) is 1.89. The Hall–Kier alpha value is -0.980. The largest absolute Gasteiger partial charge is 0.392 e. The third-order valence-corrected chi connectivity index (χ3v) is 3.45. The number of aliphatic hydroxyl groups is 1. The first-order valence-electron chi connectivity index (χ1n) is 5.89. The third kappa shape index (κ3) is 2.34. The highest BCUT2D eigenvalue weighted by Gasteiger charge is 2.33. The summed E-state index contributed by atoms with van der Waals surface area (Å²) in [5.41, 5.74) is -0.515. The van der Waals surface area contributed by atoms with Crippen LogP contribution in [0.5, 0.6) is 0 Å². The summed E-state index contributed by atoms with van der Waals surface area (Å²) in [7, 11) is 1.64. The molecule has 2 rings (SSSR count). The second-order valence-corrected chi connectivity index (χ2v) is 4.60. The van der Waals surface area contributed by atoms with E-state index in [1.54, 1.807) is 7.11 Å². The number of aromatic nitrogens is 2. The van der Waals surface area contributed by atoms with Gasteiger partial charge in [0.2, 0.25) is 11.7 Å². The van der Waals surface area contributed by atoms with Crippen molar-refractivity contribution in [3.63, 3.8) is 0 Å². The van der Waals surface area contributed by atoms with Crippen molar-refractivity contribution in [2.45, 2.75) is 44.4 Å². The highest BCUT2D eigenvalue weighted by atomic mass is 16.5. The zero-order chi connectivity index (χ0) is 12.5. The fraction of sp³-hybridized carbons (Fsp3) is 0.818. The second-order valence-electron chi connectivity index (χ2n) is 4.60. The van der Waals surface area contributed by atoms with Crippen molar-refractivity contribution in [3.05, 3.63) is 11.7 Å². The molecule has 1 unspecified atom stereocenters. The molecule has 0 radical (unpaired) electrons. The van der Waals surface area contributed by atoms with E-state index in [1.807, 2.05) is 13.8 Å². The molecule has 0 amide bonds. The van der Waals surface area contributed by atoms with Gasteiger partial charge in [-0.05, 0) is 19.8 Å². The minimum absolute atomic E-state index is 0.0517. The highest BCUT2D eigenvalue weighted by Crippen LogP contribution is 2.28. The van der Waals surface area contributed by atoms with Crippen LogP contribution in [0.15, 0.2) is 4.52 Å². The lowest BCUT2D eigenvalue weighted by atomic mass is 10.0. The molecule has 1 fully saturated rings. The Morgan fingerprint density at radius 3 is 2.94 bits per heavy atom. The van der Waals surface area contributed by atoms with Crippen LogP contribution in [0.25, 0.3) is 0 Å². The molecule has 1 aliphatic rings. The van der Waals surface area contributed by atoms with E-state index in [-0.39, 0.29) is 12.1 Å². The minimum Gasteiger partial charge on any atom is -0.392 e. The predicted octanol–water partition coefficient (Wildman–Crippen LogP) is 0.736. The van der Waals surface area contributed by atoms with E-state index < -0.39 is 5.60 Å². The van der Waals surface area contributed by atoms with Crippen molar-refractivity contribution < 1.29 is 14.4 Å². The van der Waals surface area contributed by atoms with E-state index in [1.165, 1.54) is 0 Å². The summed E-state index contributed by atoms with van der Waals surface area (Å²) in [6.07, 6.45) is 1.04. The number of hydrogen-bond donors (Lipinski definition) is 2. The van der Waals surface area contributed by atoms with Gasteiger partial charge in [0.1, 0.15) is 5.60 Å². The highest BCUT2D eigenvalue weighted by molar-refractivity contribution is 5.03. The summed E-state index contributed by atoms with van der Waals surface area (Å²) in [5, 5.41) is 16.5. The van der Waals surface area contributed by atoms with Gasteiger partial charge in [0.05, 0.1) is 12.1 Å². The van der Waals surface area contributed by atoms with Crippen LogP contribution in [0, 0.1) is 0 Å². The Kier molecular flexibility index (Phi) is 3.46. The minimum atomic E-state index is -0.515. The van der Waals surface area contributed by atoms with Crippen LogP contribution < -0.4 is 5.32 Å². The molecule has 1 aromatic rings. The van der Waals surface area contributed by atoms with E-state index in [0.717, 1.165) is 6.42 Å². The van der Waals surface area contributed by atoms with Crippen LogP contribution in [-0.2, 0) is 10.3 Å². The molecule has 6 heteroatoms. The van der Waals surface area contributed by atoms with Gasteiger partial charge in [0.25, 0.3) is 0 Å². The molecule has 2 heterocycles. The molecule has 2 N–H and O–H groups in total. The van der Waals surface area contributed by atoms with Crippen molar-refractivity contribution in [1.29, 1.82) is 0 Å². The van der Waals surface area contributed by atoms with Crippen molar-refractivity contribution in [3.8, 4) is 0 Å². The molecule has 0 aromatic carbocycles. The zero-order valence-electron chi connectivity index (χ0n) is 10.4. The maximum atomic E-state index is 9.44. The second kappa shape index (κ2) is 4.72. The van der Waals surface area contributed by atoms with Crippen LogP contribution in [-0.4, -0.2) is 35.0 Å². The molecule has 1 aliphatic heterocycles. The van der Waals surface area contributed by atoms with E-state index in [9.17, 15) is 5.11 Å². The predicted molar refractivity (Wildman–Crippen MR) is 60.3 cm³/mol. The van der Waals surface area contributed by atoms with Gasteiger partial charge < -0.3 is 19.7 Å². The average molecular weight is 241 g/mol. The van der Waals surface area contributed by atoms with Gasteiger partial charge in [-0.25, -0.2) is 0 Å². The fourth-order valence-corrected chi connectivity index (χ4v) is 1.89. The zero-order valence-corrected chi connectivity index (χ0v) is 10.4. The number of nitrogens with one attached hydrogen (secondary N) is 1. The van der Waals surface area contributed by atoms with Gasteiger partial charge in [-0.3, -0.25) is 0 Å². The molecule has 0 aliphatic carbocycles. The molecule has 0 saturated carbocycles. The molecule has 17 heavy (non-hydrogen) atoms. The van der Waals surface area contributed by atoms with Gasteiger partial charge >= 0.3 is 0 Å². The Morgan fingerprint density at radius 2 is 2.41 bits per heavy atom. The normalized spacial score (nSPS) is 28.2. The Labute approximate surface area is 100 Å². The van der Waals surface area contributed by atoms with Gasteiger partial charge in [-0.1, -0.05) is 12.1 Å². The summed E-state index contributed by atoms with van der Waals surface area (Å²) in [5.74, 6) is 1.08. The topological polar surface area (TPSA) is 80.4 Å². The third-order valence-electron chi connectivity index (χ3n) is 3.45. The maximum Gasteiger partial charge on any atom is 0.243 e. The monoisotopic (exact) mass is 241 g/mol. The van der Waals surface area contributed by atoms with Gasteiger partial charge in [-0.2, -0.15) is 4.98 Å². The molecular weight excluding hydrogens is 222 g/mol. The lowest BCUT2D eigenvalue weighted by molar-refractivity contribution is -0.0106.